The Balaban J connectivity index is 2.84. The smallest absolute Gasteiger partial charge is 0.335 e. The maximum absolute atomic E-state index is 13.5. The van der Waals surface area contributed by atoms with Crippen LogP contribution in [-0.2, 0) is 0 Å². The highest BCUT2D eigenvalue weighted by molar-refractivity contribution is 6.35. The van der Waals surface area contributed by atoms with Crippen molar-refractivity contribution in [3.05, 3.63) is 46.7 Å². The molecule has 0 atom stereocenters. The lowest BCUT2D eigenvalue weighted by Gasteiger charge is -2.03. The van der Waals surface area contributed by atoms with Crippen LogP contribution < -0.4 is 0 Å². The number of benzene rings is 2. The number of aromatic carboxylic acids is 1. The lowest BCUT2D eigenvalue weighted by atomic mass is 10.1. The summed E-state index contributed by atoms with van der Waals surface area (Å²) in [6.07, 6.45) is 0. The van der Waals surface area contributed by atoms with Crippen LogP contribution in [0.15, 0.2) is 30.3 Å². The number of hydrogen-bond donors (Lipinski definition) is 1. The number of carboxylic acid groups (broad SMARTS) is 1. The van der Waals surface area contributed by atoms with Gasteiger partial charge in [0.15, 0.2) is 0 Å². The molecule has 0 saturated heterocycles. The van der Waals surface area contributed by atoms with Crippen LogP contribution >= 0.6 is 11.6 Å². The Morgan fingerprint density at radius 2 is 2.07 bits per heavy atom. The second-order valence-corrected chi connectivity index (χ2v) is 3.51. The van der Waals surface area contributed by atoms with Crippen LogP contribution in [0.5, 0.6) is 0 Å². The Bertz CT molecular complexity index is 552. The van der Waals surface area contributed by atoms with Gasteiger partial charge >= 0.3 is 5.97 Å². The molecule has 0 bridgehead atoms. The molecule has 2 nitrogen and oxygen atoms in total. The second kappa shape index (κ2) is 3.51. The third-order valence-electron chi connectivity index (χ3n) is 2.12. The van der Waals surface area contributed by atoms with E-state index in [4.69, 9.17) is 16.7 Å². The Labute approximate surface area is 89.9 Å². The molecule has 0 radical (unpaired) electrons. The summed E-state index contributed by atoms with van der Waals surface area (Å²) in [6.45, 7) is 0. The molecule has 0 saturated carbocycles. The van der Waals surface area contributed by atoms with Crippen LogP contribution in [0.4, 0.5) is 4.39 Å². The van der Waals surface area contributed by atoms with E-state index in [-0.39, 0.29) is 16.0 Å². The molecular weight excluding hydrogens is 219 g/mol. The first-order chi connectivity index (χ1) is 7.09. The van der Waals surface area contributed by atoms with E-state index in [9.17, 15) is 9.18 Å². The maximum atomic E-state index is 13.5. The highest BCUT2D eigenvalue weighted by Crippen LogP contribution is 2.27. The minimum Gasteiger partial charge on any atom is -0.478 e. The zero-order valence-electron chi connectivity index (χ0n) is 7.50. The molecule has 2 aromatic rings. The van der Waals surface area contributed by atoms with Gasteiger partial charge in [-0.1, -0.05) is 23.7 Å². The molecule has 4 heteroatoms. The number of fused-ring (bicyclic) bond motifs is 1. The fourth-order valence-electron chi connectivity index (χ4n) is 1.45. The lowest BCUT2D eigenvalue weighted by molar-refractivity contribution is 0.0696. The monoisotopic (exact) mass is 224 g/mol. The SMILES string of the molecule is O=C(O)c1cc(F)c2c(Cl)cccc2c1. The van der Waals surface area contributed by atoms with Crippen molar-refractivity contribution in [2.75, 3.05) is 0 Å². The Hall–Kier alpha value is -1.61. The van der Waals surface area contributed by atoms with Crippen molar-refractivity contribution in [2.24, 2.45) is 0 Å². The quantitative estimate of drug-likeness (QED) is 0.807. The molecule has 0 amide bonds. The fourth-order valence-corrected chi connectivity index (χ4v) is 1.73. The molecule has 76 valence electrons. The number of halogens is 2. The summed E-state index contributed by atoms with van der Waals surface area (Å²) in [5, 5.41) is 9.76. The van der Waals surface area contributed by atoms with Gasteiger partial charge in [0.25, 0.3) is 0 Å². The van der Waals surface area contributed by atoms with Gasteiger partial charge in [0, 0.05) is 5.39 Å². The minimum absolute atomic E-state index is 0.0812. The number of hydrogen-bond acceptors (Lipinski definition) is 1. The average molecular weight is 225 g/mol. The average Bonchev–Trinajstić information content (AvgIpc) is 2.17. The third kappa shape index (κ3) is 1.66. The number of carbonyl (C=O) groups is 1. The normalized spacial score (nSPS) is 10.5. The van der Waals surface area contributed by atoms with E-state index in [1.807, 2.05) is 0 Å². The third-order valence-corrected chi connectivity index (χ3v) is 2.44. The van der Waals surface area contributed by atoms with Gasteiger partial charge in [0.2, 0.25) is 0 Å². The van der Waals surface area contributed by atoms with Gasteiger partial charge in [0.1, 0.15) is 5.82 Å². The molecule has 0 spiro atoms. The van der Waals surface area contributed by atoms with Gasteiger partial charge < -0.3 is 5.11 Å². The first-order valence-corrected chi connectivity index (χ1v) is 4.58. The Morgan fingerprint density at radius 1 is 1.33 bits per heavy atom. The van der Waals surface area contributed by atoms with Crippen LogP contribution in [0.25, 0.3) is 10.8 Å². The highest BCUT2D eigenvalue weighted by Gasteiger charge is 2.10. The molecule has 0 aliphatic heterocycles. The van der Waals surface area contributed by atoms with Gasteiger partial charge in [-0.15, -0.1) is 0 Å². The first-order valence-electron chi connectivity index (χ1n) is 4.20. The summed E-state index contributed by atoms with van der Waals surface area (Å²) in [5.74, 6) is -1.77. The van der Waals surface area contributed by atoms with E-state index in [1.165, 1.54) is 6.07 Å². The summed E-state index contributed by atoms with van der Waals surface area (Å²) in [7, 11) is 0. The van der Waals surface area contributed by atoms with Crippen molar-refractivity contribution in [1.29, 1.82) is 0 Å². The Kier molecular flexibility index (Phi) is 2.32. The summed E-state index contributed by atoms with van der Waals surface area (Å²) in [6, 6.07) is 7.20. The van der Waals surface area contributed by atoms with Gasteiger partial charge in [0.05, 0.1) is 10.6 Å². The predicted molar refractivity (Wildman–Crippen MR) is 55.9 cm³/mol. The molecule has 2 rings (SSSR count). The molecule has 1 N–H and O–H groups in total. The van der Waals surface area contributed by atoms with Crippen LogP contribution in [0, 0.1) is 5.82 Å². The zero-order valence-corrected chi connectivity index (χ0v) is 8.25. The van der Waals surface area contributed by atoms with Gasteiger partial charge in [-0.2, -0.15) is 0 Å². The van der Waals surface area contributed by atoms with Gasteiger partial charge in [-0.3, -0.25) is 0 Å². The zero-order chi connectivity index (χ0) is 11.0. The standard InChI is InChI=1S/C11H6ClFO2/c12-8-3-1-2-6-4-7(11(14)15)5-9(13)10(6)8/h1-5H,(H,14,15). The summed E-state index contributed by atoms with van der Waals surface area (Å²) in [5.41, 5.74) is -0.0812. The highest BCUT2D eigenvalue weighted by atomic mass is 35.5. The summed E-state index contributed by atoms with van der Waals surface area (Å²) >= 11 is 5.81. The molecule has 15 heavy (non-hydrogen) atoms. The van der Waals surface area contributed by atoms with Crippen molar-refractivity contribution in [1.82, 2.24) is 0 Å². The summed E-state index contributed by atoms with van der Waals surface area (Å²) < 4.78 is 13.5. The van der Waals surface area contributed by atoms with E-state index >= 15 is 0 Å². The Morgan fingerprint density at radius 3 is 2.73 bits per heavy atom. The molecular formula is C11H6ClFO2. The number of rotatable bonds is 1. The van der Waals surface area contributed by atoms with E-state index in [0.717, 1.165) is 6.07 Å². The first kappa shape index (κ1) is 9.93. The predicted octanol–water partition coefficient (Wildman–Crippen LogP) is 3.33. The van der Waals surface area contributed by atoms with Gasteiger partial charge in [-0.25, -0.2) is 9.18 Å². The van der Waals surface area contributed by atoms with Crippen molar-refractivity contribution < 1.29 is 14.3 Å². The lowest BCUT2D eigenvalue weighted by Crippen LogP contribution is -1.97. The van der Waals surface area contributed by atoms with Crippen molar-refractivity contribution >= 4 is 28.3 Å². The van der Waals surface area contributed by atoms with Crippen LogP contribution in [0.1, 0.15) is 10.4 Å². The fraction of sp³-hybridized carbons (Fsp3) is 0. The van der Waals surface area contributed by atoms with Crippen LogP contribution in [0.2, 0.25) is 5.02 Å². The van der Waals surface area contributed by atoms with E-state index in [2.05, 4.69) is 0 Å². The van der Waals surface area contributed by atoms with Crippen molar-refractivity contribution in [3.63, 3.8) is 0 Å². The number of carboxylic acids is 1. The topological polar surface area (TPSA) is 37.3 Å². The largest absolute Gasteiger partial charge is 0.478 e. The molecule has 2 aromatic carbocycles. The van der Waals surface area contributed by atoms with Crippen molar-refractivity contribution in [3.8, 4) is 0 Å². The molecule has 0 unspecified atom stereocenters. The molecule has 0 aromatic heterocycles. The summed E-state index contributed by atoms with van der Waals surface area (Å²) in [4.78, 5) is 10.7. The van der Waals surface area contributed by atoms with E-state index < -0.39 is 11.8 Å². The molecule has 0 heterocycles. The molecule has 0 aliphatic carbocycles. The van der Waals surface area contributed by atoms with Crippen molar-refractivity contribution in [2.45, 2.75) is 0 Å². The second-order valence-electron chi connectivity index (χ2n) is 3.10. The van der Waals surface area contributed by atoms with E-state index in [0.29, 0.717) is 5.39 Å². The molecule has 0 fully saturated rings. The molecule has 0 aliphatic rings. The van der Waals surface area contributed by atoms with E-state index in [1.54, 1.807) is 18.2 Å². The van der Waals surface area contributed by atoms with Gasteiger partial charge in [-0.05, 0) is 23.6 Å². The maximum Gasteiger partial charge on any atom is 0.335 e. The minimum atomic E-state index is -1.16. The van der Waals surface area contributed by atoms with Crippen LogP contribution in [-0.4, -0.2) is 11.1 Å². The van der Waals surface area contributed by atoms with Crippen LogP contribution in [0.3, 0.4) is 0 Å².